The van der Waals surface area contributed by atoms with Crippen LogP contribution in [0.4, 0.5) is 5.69 Å². The van der Waals surface area contributed by atoms with E-state index in [1.165, 1.54) is 16.7 Å². The van der Waals surface area contributed by atoms with Crippen LogP contribution in [-0.2, 0) is 0 Å². The minimum Gasteiger partial charge on any atom is -0.356 e. The van der Waals surface area contributed by atoms with Crippen molar-refractivity contribution < 1.29 is 0 Å². The molecule has 0 fully saturated rings. The molecule has 2 rings (SSSR count). The molecular formula is C18H21ClN2S. The monoisotopic (exact) mass is 332 g/mol. The highest BCUT2D eigenvalue weighted by Gasteiger charge is 2.08. The Morgan fingerprint density at radius 3 is 2.32 bits per heavy atom. The van der Waals surface area contributed by atoms with Crippen LogP contribution in [0.25, 0.3) is 0 Å². The van der Waals surface area contributed by atoms with E-state index >= 15 is 0 Å². The Morgan fingerprint density at radius 1 is 1.00 bits per heavy atom. The molecule has 0 amide bonds. The SMILES string of the molecule is Cc1ccc([C@H](C)NC(=S)Nc2ccc(C)c(Cl)c2)cc1C. The van der Waals surface area contributed by atoms with Gasteiger partial charge in [-0.1, -0.05) is 35.9 Å². The number of hydrogen-bond donors (Lipinski definition) is 2. The van der Waals surface area contributed by atoms with Crippen LogP contribution in [0.1, 0.15) is 35.2 Å². The highest BCUT2D eigenvalue weighted by atomic mass is 35.5. The van der Waals surface area contributed by atoms with E-state index < -0.39 is 0 Å². The van der Waals surface area contributed by atoms with E-state index in [-0.39, 0.29) is 6.04 Å². The molecule has 2 N–H and O–H groups in total. The first-order valence-electron chi connectivity index (χ1n) is 7.27. The standard InChI is InChI=1S/C18H21ClN2S/c1-11-5-7-15(9-13(11)3)14(4)20-18(22)21-16-8-6-12(2)17(19)10-16/h5-10,14H,1-4H3,(H2,20,21,22)/t14-/m0/s1. The molecule has 0 aliphatic rings. The summed E-state index contributed by atoms with van der Waals surface area (Å²) in [5.41, 5.74) is 5.74. The number of thiocarbonyl (C=S) groups is 1. The lowest BCUT2D eigenvalue weighted by Gasteiger charge is -2.18. The lowest BCUT2D eigenvalue weighted by Crippen LogP contribution is -2.30. The first-order chi connectivity index (χ1) is 10.4. The zero-order chi connectivity index (χ0) is 16.3. The predicted molar refractivity (Wildman–Crippen MR) is 99.9 cm³/mol. The van der Waals surface area contributed by atoms with Gasteiger partial charge in [0.25, 0.3) is 0 Å². The summed E-state index contributed by atoms with van der Waals surface area (Å²) >= 11 is 11.5. The van der Waals surface area contributed by atoms with Gasteiger partial charge in [-0.2, -0.15) is 0 Å². The fourth-order valence-corrected chi connectivity index (χ4v) is 2.63. The molecule has 0 bridgehead atoms. The molecule has 0 saturated heterocycles. The van der Waals surface area contributed by atoms with Crippen LogP contribution < -0.4 is 10.6 Å². The van der Waals surface area contributed by atoms with E-state index in [0.29, 0.717) is 5.11 Å². The largest absolute Gasteiger partial charge is 0.356 e. The first kappa shape index (κ1) is 16.8. The normalized spacial score (nSPS) is 11.9. The second kappa shape index (κ2) is 7.12. The lowest BCUT2D eigenvalue weighted by molar-refractivity contribution is 0.721. The second-order valence-electron chi connectivity index (χ2n) is 5.63. The summed E-state index contributed by atoms with van der Waals surface area (Å²) in [6.07, 6.45) is 0. The van der Waals surface area contributed by atoms with Crippen molar-refractivity contribution in [1.29, 1.82) is 0 Å². The van der Waals surface area contributed by atoms with Gasteiger partial charge in [-0.05, 0) is 74.3 Å². The maximum absolute atomic E-state index is 6.13. The van der Waals surface area contributed by atoms with Crippen molar-refractivity contribution in [2.24, 2.45) is 0 Å². The molecule has 2 aromatic carbocycles. The highest BCUT2D eigenvalue weighted by Crippen LogP contribution is 2.20. The van der Waals surface area contributed by atoms with Crippen LogP contribution in [0.2, 0.25) is 5.02 Å². The zero-order valence-corrected chi connectivity index (χ0v) is 14.9. The average Bonchev–Trinajstić information content (AvgIpc) is 2.45. The molecule has 22 heavy (non-hydrogen) atoms. The number of benzene rings is 2. The average molecular weight is 333 g/mol. The summed E-state index contributed by atoms with van der Waals surface area (Å²) in [7, 11) is 0. The number of halogens is 1. The molecule has 2 aromatic rings. The number of anilines is 1. The Balaban J connectivity index is 2.01. The maximum atomic E-state index is 6.13. The van der Waals surface area contributed by atoms with Gasteiger partial charge in [-0.25, -0.2) is 0 Å². The number of hydrogen-bond acceptors (Lipinski definition) is 1. The summed E-state index contributed by atoms with van der Waals surface area (Å²) in [5, 5.41) is 7.80. The van der Waals surface area contributed by atoms with E-state index in [0.717, 1.165) is 16.3 Å². The fraction of sp³-hybridized carbons (Fsp3) is 0.278. The van der Waals surface area contributed by atoms with Crippen molar-refractivity contribution in [2.75, 3.05) is 5.32 Å². The topological polar surface area (TPSA) is 24.1 Å². The fourth-order valence-electron chi connectivity index (χ4n) is 2.15. The van der Waals surface area contributed by atoms with Gasteiger partial charge in [-0.3, -0.25) is 0 Å². The third-order valence-electron chi connectivity index (χ3n) is 3.81. The molecule has 0 aliphatic carbocycles. The van der Waals surface area contributed by atoms with Crippen molar-refractivity contribution in [3.63, 3.8) is 0 Å². The predicted octanol–water partition coefficient (Wildman–Crippen LogP) is 5.31. The molecule has 0 radical (unpaired) electrons. The van der Waals surface area contributed by atoms with Crippen LogP contribution in [0.5, 0.6) is 0 Å². The summed E-state index contributed by atoms with van der Waals surface area (Å²) in [6.45, 7) is 8.31. The molecular weight excluding hydrogens is 312 g/mol. The molecule has 1 atom stereocenters. The van der Waals surface area contributed by atoms with E-state index in [1.54, 1.807) is 0 Å². The van der Waals surface area contributed by atoms with E-state index in [2.05, 4.69) is 49.6 Å². The van der Waals surface area contributed by atoms with Gasteiger partial charge in [0.05, 0.1) is 6.04 Å². The molecule has 0 aromatic heterocycles. The molecule has 0 spiro atoms. The number of aryl methyl sites for hydroxylation is 3. The summed E-state index contributed by atoms with van der Waals surface area (Å²) in [6, 6.07) is 12.4. The molecule has 0 aliphatic heterocycles. The number of nitrogens with one attached hydrogen (secondary N) is 2. The molecule has 116 valence electrons. The first-order valence-corrected chi connectivity index (χ1v) is 8.06. The minimum atomic E-state index is 0.139. The quantitative estimate of drug-likeness (QED) is 0.744. The van der Waals surface area contributed by atoms with E-state index in [4.69, 9.17) is 23.8 Å². The Bertz CT molecular complexity index is 697. The van der Waals surface area contributed by atoms with Crippen LogP contribution >= 0.6 is 23.8 Å². The minimum absolute atomic E-state index is 0.139. The van der Waals surface area contributed by atoms with E-state index in [1.807, 2.05) is 25.1 Å². The van der Waals surface area contributed by atoms with Crippen molar-refractivity contribution in [3.05, 3.63) is 63.7 Å². The van der Waals surface area contributed by atoms with Crippen LogP contribution in [0, 0.1) is 20.8 Å². The lowest BCUT2D eigenvalue weighted by atomic mass is 10.0. The van der Waals surface area contributed by atoms with Gasteiger partial charge in [0, 0.05) is 10.7 Å². The molecule has 0 unspecified atom stereocenters. The molecule has 0 saturated carbocycles. The Morgan fingerprint density at radius 2 is 1.68 bits per heavy atom. The van der Waals surface area contributed by atoms with E-state index in [9.17, 15) is 0 Å². The van der Waals surface area contributed by atoms with Gasteiger partial charge in [0.15, 0.2) is 5.11 Å². The van der Waals surface area contributed by atoms with Gasteiger partial charge >= 0.3 is 0 Å². The van der Waals surface area contributed by atoms with Crippen molar-refractivity contribution in [2.45, 2.75) is 33.7 Å². The van der Waals surface area contributed by atoms with Crippen LogP contribution in [-0.4, -0.2) is 5.11 Å². The van der Waals surface area contributed by atoms with Crippen molar-refractivity contribution in [3.8, 4) is 0 Å². The number of rotatable bonds is 3. The smallest absolute Gasteiger partial charge is 0.171 e. The third kappa shape index (κ3) is 4.21. The van der Waals surface area contributed by atoms with Crippen molar-refractivity contribution >= 4 is 34.6 Å². The highest BCUT2D eigenvalue weighted by molar-refractivity contribution is 7.80. The van der Waals surface area contributed by atoms with Gasteiger partial charge in [0.1, 0.15) is 0 Å². The van der Waals surface area contributed by atoms with Crippen LogP contribution in [0.3, 0.4) is 0 Å². The Labute approximate surface area is 142 Å². The Kier molecular flexibility index (Phi) is 5.43. The van der Waals surface area contributed by atoms with Crippen LogP contribution in [0.15, 0.2) is 36.4 Å². The molecule has 0 heterocycles. The molecule has 4 heteroatoms. The van der Waals surface area contributed by atoms with Crippen molar-refractivity contribution in [1.82, 2.24) is 5.32 Å². The summed E-state index contributed by atoms with van der Waals surface area (Å²) in [5.74, 6) is 0. The maximum Gasteiger partial charge on any atom is 0.171 e. The zero-order valence-electron chi connectivity index (χ0n) is 13.3. The molecule has 2 nitrogen and oxygen atoms in total. The van der Waals surface area contributed by atoms with Gasteiger partial charge in [0.2, 0.25) is 0 Å². The second-order valence-corrected chi connectivity index (χ2v) is 6.44. The third-order valence-corrected chi connectivity index (χ3v) is 4.44. The summed E-state index contributed by atoms with van der Waals surface area (Å²) in [4.78, 5) is 0. The van der Waals surface area contributed by atoms with Gasteiger partial charge < -0.3 is 10.6 Å². The summed E-state index contributed by atoms with van der Waals surface area (Å²) < 4.78 is 0. The van der Waals surface area contributed by atoms with Gasteiger partial charge in [-0.15, -0.1) is 0 Å². The Hall–Kier alpha value is -1.58.